The van der Waals surface area contributed by atoms with E-state index in [-0.39, 0.29) is 5.84 Å². The molecule has 1 heterocycles. The zero-order valence-corrected chi connectivity index (χ0v) is 12.8. The molecular formula is C15H13ClN4O2. The van der Waals surface area contributed by atoms with Gasteiger partial charge in [0.2, 0.25) is 0 Å². The Bertz CT molecular complexity index is 744. The smallest absolute Gasteiger partial charge is 0.292 e. The second-order valence-electron chi connectivity index (χ2n) is 5.31. The number of nitriles is 2. The molecule has 2 N–H and O–H groups in total. The van der Waals surface area contributed by atoms with Crippen molar-refractivity contribution in [2.75, 3.05) is 14.2 Å². The van der Waals surface area contributed by atoms with E-state index in [9.17, 15) is 10.5 Å². The molecule has 3 unspecified atom stereocenters. The number of aliphatic imine (C=N–C) groups is 1. The van der Waals surface area contributed by atoms with Crippen LogP contribution in [0.15, 0.2) is 29.3 Å². The summed E-state index contributed by atoms with van der Waals surface area (Å²) in [6.07, 6.45) is 0. The highest BCUT2D eigenvalue weighted by atomic mass is 35.5. The van der Waals surface area contributed by atoms with Crippen molar-refractivity contribution in [3.63, 3.8) is 0 Å². The van der Waals surface area contributed by atoms with Gasteiger partial charge in [0.1, 0.15) is 11.3 Å². The maximum absolute atomic E-state index is 9.85. The van der Waals surface area contributed by atoms with Gasteiger partial charge in [-0.1, -0.05) is 23.7 Å². The topological polar surface area (TPSA) is 104 Å². The highest BCUT2D eigenvalue weighted by molar-refractivity contribution is 6.30. The lowest BCUT2D eigenvalue weighted by molar-refractivity contribution is -0.230. The summed E-state index contributed by atoms with van der Waals surface area (Å²) in [6, 6.07) is 11.3. The van der Waals surface area contributed by atoms with E-state index in [0.29, 0.717) is 5.02 Å². The summed E-state index contributed by atoms with van der Waals surface area (Å²) in [7, 11) is 2.76. The molecule has 6 nitrogen and oxygen atoms in total. The zero-order valence-electron chi connectivity index (χ0n) is 12.0. The van der Waals surface area contributed by atoms with Gasteiger partial charge in [0.15, 0.2) is 5.41 Å². The second-order valence-corrected chi connectivity index (χ2v) is 5.75. The third-order valence-electron chi connectivity index (χ3n) is 4.68. The molecule has 22 heavy (non-hydrogen) atoms. The molecule has 1 aliphatic heterocycles. The fourth-order valence-electron chi connectivity index (χ4n) is 3.68. The molecule has 2 aliphatic rings. The van der Waals surface area contributed by atoms with Crippen molar-refractivity contribution in [3.8, 4) is 12.1 Å². The number of rotatable bonds is 3. The minimum absolute atomic E-state index is 0.0557. The van der Waals surface area contributed by atoms with Gasteiger partial charge in [-0.3, -0.25) is 0 Å². The third-order valence-corrected chi connectivity index (χ3v) is 4.94. The van der Waals surface area contributed by atoms with Crippen molar-refractivity contribution in [1.82, 2.24) is 0 Å². The predicted molar refractivity (Wildman–Crippen MR) is 78.7 cm³/mol. The van der Waals surface area contributed by atoms with Crippen LogP contribution < -0.4 is 5.73 Å². The van der Waals surface area contributed by atoms with Crippen LogP contribution in [0.4, 0.5) is 0 Å². The summed E-state index contributed by atoms with van der Waals surface area (Å²) in [5, 5.41) is 20.2. The van der Waals surface area contributed by atoms with E-state index in [1.165, 1.54) is 14.2 Å². The molecule has 0 spiro atoms. The largest absolute Gasteiger partial charge is 0.386 e. The van der Waals surface area contributed by atoms with Crippen LogP contribution in [0, 0.1) is 33.5 Å². The summed E-state index contributed by atoms with van der Waals surface area (Å²) in [6.45, 7) is 0. The molecule has 1 fully saturated rings. The molecule has 0 amide bonds. The Kier molecular flexibility index (Phi) is 2.99. The average Bonchev–Trinajstić information content (AvgIpc) is 3.11. The van der Waals surface area contributed by atoms with Crippen molar-refractivity contribution in [1.29, 1.82) is 10.5 Å². The number of halogens is 1. The normalized spacial score (nSPS) is 34.2. The van der Waals surface area contributed by atoms with E-state index in [2.05, 4.69) is 17.1 Å². The first-order valence-electron chi connectivity index (χ1n) is 6.53. The third kappa shape index (κ3) is 1.29. The summed E-state index contributed by atoms with van der Waals surface area (Å²) in [5.41, 5.74) is 4.18. The van der Waals surface area contributed by atoms with E-state index in [0.717, 1.165) is 5.56 Å². The maximum Gasteiger partial charge on any atom is 0.292 e. The number of methoxy groups -OCH3 is 2. The van der Waals surface area contributed by atoms with Gasteiger partial charge in [-0.25, -0.2) is 4.99 Å². The molecule has 0 aromatic heterocycles. The predicted octanol–water partition coefficient (Wildman–Crippen LogP) is 1.77. The van der Waals surface area contributed by atoms with Crippen molar-refractivity contribution in [3.05, 3.63) is 34.9 Å². The maximum atomic E-state index is 9.85. The molecule has 1 aromatic carbocycles. The number of fused-ring (bicyclic) bond motifs is 1. The van der Waals surface area contributed by atoms with Gasteiger partial charge in [0.05, 0.1) is 12.1 Å². The van der Waals surface area contributed by atoms with Crippen LogP contribution in [-0.2, 0) is 9.47 Å². The van der Waals surface area contributed by atoms with E-state index < -0.39 is 22.7 Å². The van der Waals surface area contributed by atoms with Crippen molar-refractivity contribution >= 4 is 17.4 Å². The Hall–Kier alpha value is -2.12. The van der Waals surface area contributed by atoms with Crippen molar-refractivity contribution < 1.29 is 9.47 Å². The van der Waals surface area contributed by atoms with Gasteiger partial charge in [0, 0.05) is 25.2 Å². The fourth-order valence-corrected chi connectivity index (χ4v) is 3.80. The highest BCUT2D eigenvalue weighted by Crippen LogP contribution is 2.81. The van der Waals surface area contributed by atoms with Crippen LogP contribution in [-0.4, -0.2) is 26.0 Å². The zero-order chi connectivity index (χ0) is 16.2. The number of hydrogen-bond acceptors (Lipinski definition) is 6. The molecular weight excluding hydrogens is 304 g/mol. The van der Waals surface area contributed by atoms with Gasteiger partial charge in [-0.15, -0.1) is 0 Å². The molecule has 7 heteroatoms. The number of benzene rings is 1. The number of nitrogens with zero attached hydrogens (tertiary/aromatic N) is 3. The Morgan fingerprint density at radius 1 is 1.18 bits per heavy atom. The molecule has 1 aliphatic carbocycles. The summed E-state index contributed by atoms with van der Waals surface area (Å²) >= 11 is 5.91. The number of hydrogen-bond donors (Lipinski definition) is 1. The van der Waals surface area contributed by atoms with E-state index in [1.54, 1.807) is 24.3 Å². The van der Waals surface area contributed by atoms with Crippen LogP contribution in [0.1, 0.15) is 11.5 Å². The first-order chi connectivity index (χ1) is 10.5. The fraction of sp³-hybridized carbons (Fsp3) is 0.400. The molecule has 1 aromatic rings. The van der Waals surface area contributed by atoms with Gasteiger partial charge >= 0.3 is 0 Å². The van der Waals surface area contributed by atoms with Crippen LogP contribution in [0.25, 0.3) is 0 Å². The monoisotopic (exact) mass is 316 g/mol. The molecule has 3 rings (SSSR count). The lowest BCUT2D eigenvalue weighted by atomic mass is 9.93. The second kappa shape index (κ2) is 4.44. The number of nitrogens with two attached hydrogens (primary N) is 1. The summed E-state index contributed by atoms with van der Waals surface area (Å²) < 4.78 is 10.8. The first-order valence-corrected chi connectivity index (χ1v) is 6.91. The highest BCUT2D eigenvalue weighted by Gasteiger charge is 2.93. The van der Waals surface area contributed by atoms with Gasteiger partial charge < -0.3 is 15.2 Å². The van der Waals surface area contributed by atoms with E-state index in [1.807, 2.05) is 0 Å². The lowest BCUT2D eigenvalue weighted by Gasteiger charge is -2.29. The molecule has 0 radical (unpaired) electrons. The molecule has 0 bridgehead atoms. The van der Waals surface area contributed by atoms with Gasteiger partial charge in [-0.2, -0.15) is 10.5 Å². The van der Waals surface area contributed by atoms with Crippen LogP contribution in [0.5, 0.6) is 0 Å². The number of amidine groups is 1. The first kappa shape index (κ1) is 14.8. The van der Waals surface area contributed by atoms with Gasteiger partial charge in [0.25, 0.3) is 5.91 Å². The Balaban J connectivity index is 2.23. The standard InChI is InChI=1S/C15H13ClN4O2/c1-21-15(22-2)14(8-18)11(9-3-5-10(16)6-4-9)13(14,7-17)12(19)20-15/h3-6,11H,1-2H3,(H2,19,20). The SMILES string of the molecule is COC1(OC)N=C(N)C2(C#N)C(c3ccc(Cl)cc3)C12C#N. The molecule has 0 saturated heterocycles. The van der Waals surface area contributed by atoms with Crippen LogP contribution >= 0.6 is 11.6 Å². The summed E-state index contributed by atoms with van der Waals surface area (Å²) in [5.74, 6) is -2.03. The van der Waals surface area contributed by atoms with E-state index in [4.69, 9.17) is 26.8 Å². The molecule has 3 atom stereocenters. The lowest BCUT2D eigenvalue weighted by Crippen LogP contribution is -2.41. The quantitative estimate of drug-likeness (QED) is 0.856. The number of ether oxygens (including phenoxy) is 2. The van der Waals surface area contributed by atoms with Crippen molar-refractivity contribution in [2.45, 2.75) is 11.8 Å². The Morgan fingerprint density at radius 2 is 1.77 bits per heavy atom. The molecule has 1 saturated carbocycles. The Labute approximate surface area is 132 Å². The Morgan fingerprint density at radius 3 is 2.23 bits per heavy atom. The minimum atomic E-state index is -1.59. The van der Waals surface area contributed by atoms with Crippen molar-refractivity contribution in [2.24, 2.45) is 21.6 Å². The summed E-state index contributed by atoms with van der Waals surface area (Å²) in [4.78, 5) is 4.15. The van der Waals surface area contributed by atoms with Gasteiger partial charge in [-0.05, 0) is 17.7 Å². The average molecular weight is 317 g/mol. The van der Waals surface area contributed by atoms with E-state index >= 15 is 0 Å². The van der Waals surface area contributed by atoms with Crippen LogP contribution in [0.3, 0.4) is 0 Å². The van der Waals surface area contributed by atoms with Crippen LogP contribution in [0.2, 0.25) is 5.02 Å². The minimum Gasteiger partial charge on any atom is -0.386 e. The molecule has 112 valence electrons.